The fourth-order valence-electron chi connectivity index (χ4n) is 6.43. The van der Waals surface area contributed by atoms with Gasteiger partial charge in [0.05, 0.1) is 113 Å². The third-order valence-corrected chi connectivity index (χ3v) is 41.0. The number of ether oxygens (including phenoxy) is 3. The fourth-order valence-corrected chi connectivity index (χ4v) is 37.1. The van der Waals surface area contributed by atoms with E-state index in [1.807, 2.05) is 209 Å². The molecule has 2 unspecified atom stereocenters. The largest absolute Gasteiger partial charge is 1.00 e. The Hall–Kier alpha value is 8.48. The summed E-state index contributed by atoms with van der Waals surface area (Å²) in [5, 5.41) is 18.2. The number of unbranched alkanes of at least 4 members (excludes halogenated alkanes) is 2. The van der Waals surface area contributed by atoms with Crippen LogP contribution < -0.4 is 207 Å². The Morgan fingerprint density at radius 1 is 0.441 bits per heavy atom. The van der Waals surface area contributed by atoms with E-state index in [0.29, 0.717) is 61.8 Å². The van der Waals surface area contributed by atoms with E-state index >= 15 is 0 Å². The molecule has 0 aromatic heterocycles. The Bertz CT molecular complexity index is 3110. The number of aliphatic hydroxyl groups is 2. The summed E-state index contributed by atoms with van der Waals surface area (Å²) in [4.78, 5) is 91.2. The molecule has 618 valence electrons. The molecule has 0 spiro atoms. The summed E-state index contributed by atoms with van der Waals surface area (Å²) in [6.45, 7) is 18.0. The Labute approximate surface area is 953 Å². The van der Waals surface area contributed by atoms with E-state index < -0.39 is 21.0 Å². The molecule has 20 nitrogen and oxygen atoms in total. The summed E-state index contributed by atoms with van der Waals surface area (Å²) in [5.41, 5.74) is 1.28. The van der Waals surface area contributed by atoms with Gasteiger partial charge in [-0.05, 0) is 111 Å². The van der Waals surface area contributed by atoms with Crippen molar-refractivity contribution in [3.63, 3.8) is 0 Å². The Balaban J connectivity index is -0.000000201. The number of hydrogen-bond donors (Lipinski definition) is 2. The number of thioether (sulfide) groups is 21. The summed E-state index contributed by atoms with van der Waals surface area (Å²) in [7, 11) is -1.32. The van der Waals surface area contributed by atoms with Crippen molar-refractivity contribution in [1.29, 1.82) is 0 Å². The Kier molecular flexibility index (Phi) is 114. The third kappa shape index (κ3) is 65.6. The summed E-state index contributed by atoms with van der Waals surface area (Å²) in [6, 6.07) is 0. The maximum absolute atomic E-state index is 11.8. The second-order valence-corrected chi connectivity index (χ2v) is 52.6. The summed E-state index contributed by atoms with van der Waals surface area (Å²) >= 11 is 44.4. The molecule has 0 aliphatic carbocycles. The molecular weight excluding hydrogens is 2470 g/mol. The number of aliphatic hydroxyl groups excluding tert-OH is 2. The van der Waals surface area contributed by atoms with Gasteiger partial charge in [0, 0.05) is 36.6 Å². The first-order valence-electron chi connectivity index (χ1n) is 30.5. The number of allylic oxidation sites excluding steroid dienone is 9. The van der Waals surface area contributed by atoms with E-state index in [2.05, 4.69) is 128 Å². The van der Waals surface area contributed by atoms with E-state index in [1.165, 1.54) is 108 Å². The van der Waals surface area contributed by atoms with Crippen molar-refractivity contribution >= 4 is 366 Å². The topological polar surface area (TPSA) is 406 Å². The molecule has 0 aromatic rings. The number of carbonyl (C=O) groups is 5. The minimum absolute atomic E-state index is 0. The molecule has 0 amide bonds. The van der Waals surface area contributed by atoms with E-state index in [0.717, 1.165) is 28.8 Å². The maximum Gasteiger partial charge on any atom is 1.00 e. The van der Waals surface area contributed by atoms with Crippen LogP contribution in [-0.2, 0) is 57.4 Å². The van der Waals surface area contributed by atoms with E-state index in [1.54, 1.807) is 68.6 Å². The normalized spacial score (nSPS) is 15.7. The maximum atomic E-state index is 11.8. The molecule has 0 saturated heterocycles. The summed E-state index contributed by atoms with van der Waals surface area (Å²) in [5.74, 6) is 10.4. The van der Waals surface area contributed by atoms with Crippen LogP contribution >= 0.6 is 313 Å². The van der Waals surface area contributed by atoms with Gasteiger partial charge >= 0.3 is 237 Å². The van der Waals surface area contributed by atoms with Crippen molar-refractivity contribution < 1.29 is 307 Å². The van der Waals surface area contributed by atoms with Crippen molar-refractivity contribution in [1.82, 2.24) is 0 Å². The predicted molar refractivity (Wildman–Crippen MR) is 521 cm³/mol. The molecule has 7 aliphatic heterocycles. The van der Waals surface area contributed by atoms with Crippen molar-refractivity contribution in [2.24, 2.45) is 0 Å². The molecular formula is C63H91Cs3I2O20S23. The standard InChI is InChI=1S/C28H30O2S13.C26H38O4S8.2C3H6O2S.CH2I2.2CO2.3Cs.6H2O/c1-5-17-18(6-2)38-21(37-17)9-11-23-42-27-28(43-23)35-15-33-26-25(32-14-34-27)40-22(41-26)10-8-20-36-16(4)24(39-20)31-13-12-19(29)30-7-3;1-5-9-15-31-23-24(32-16-10-6-2)36-21(35-23)11-12-22-37-25(33-17-13-19(27)29-7-3)26(38-22)34-18-14-20(28)30-8-4;2*1-6(2-4)3-5;3*2-1-3;;;;;;;;;/h8-11H,5-7,12-15H2,1-4H3;11-12H,5-10,13-18H2,1-4H3;2*2,5H,1,3H2;1H2;;;;;;6*1H2/q;;;;;;;3*+1;;;;;;/p-3. The Morgan fingerprint density at radius 2 is 0.676 bits per heavy atom. The van der Waals surface area contributed by atoms with Crippen LogP contribution in [0.25, 0.3) is 0 Å². The van der Waals surface area contributed by atoms with Crippen LogP contribution in [0, 0.1) is 0 Å². The van der Waals surface area contributed by atoms with Crippen LogP contribution in [0.1, 0.15) is 113 Å². The van der Waals surface area contributed by atoms with Gasteiger partial charge in [0.1, 0.15) is 0 Å². The molecule has 0 bridgehead atoms. The number of halogens is 2. The van der Waals surface area contributed by atoms with Gasteiger partial charge < -0.3 is 57.3 Å². The van der Waals surface area contributed by atoms with E-state index in [4.69, 9.17) is 43.6 Å². The van der Waals surface area contributed by atoms with Crippen LogP contribution in [0.5, 0.6) is 0 Å². The third-order valence-electron chi connectivity index (χ3n) is 10.8. The van der Waals surface area contributed by atoms with Gasteiger partial charge in [-0.15, -0.1) is 127 Å². The second kappa shape index (κ2) is 91.8. The number of hydrogen-bond acceptors (Lipinski definition) is 38. The first kappa shape index (κ1) is 137. The number of carbonyl (C=O) groups excluding carboxylic acids is 9. The molecule has 11 N–H and O–H groups in total. The average molecular weight is 2560 g/mol. The zero-order valence-corrected chi connectivity index (χ0v) is 105. The van der Waals surface area contributed by atoms with Gasteiger partial charge in [0.25, 0.3) is 0 Å². The van der Waals surface area contributed by atoms with E-state index in [-0.39, 0.29) is 282 Å². The van der Waals surface area contributed by atoms with Crippen molar-refractivity contribution in [2.75, 3.05) is 73.1 Å². The summed E-state index contributed by atoms with van der Waals surface area (Å²) < 4.78 is 36.9. The van der Waals surface area contributed by atoms with Crippen LogP contribution in [0.15, 0.2) is 115 Å². The first-order chi connectivity index (χ1) is 49.3. The monoisotopic (exact) mass is 2560 g/mol. The molecule has 111 heavy (non-hydrogen) atoms. The zero-order chi connectivity index (χ0) is 75.9. The SMILES string of the molecule is C=S(C=O)CO.C=S(C=O)CO.CCCCSC1=C(SCCCC)SC(=CC=C2SC(SCCC(=O)OCC)=C(SCCC(=O)OCC)S2)S1.CCOC(=O)CCSC1=C(C)SC(=CC=C2SC3=C(SCSC4=C(SCS3)SC(=CC=C3SC(CC)=C(CC)S3)S4)S2)S1.ICI.O.O.O.O=C=O.O=C=O.[Cs+].[Cs+].[Cs+].[OH-].[OH-].[OH-]. The molecule has 0 radical (unpaired) electrons. The molecule has 7 rings (SSSR count). The fraction of sp³-hybridized carbons (Fsp3) is 0.476. The first-order valence-corrected chi connectivity index (χ1v) is 55.4. The quantitative estimate of drug-likeness (QED) is 0.0120. The van der Waals surface area contributed by atoms with Gasteiger partial charge in [-0.2, -0.15) is 19.2 Å². The zero-order valence-electron chi connectivity index (χ0n) is 62.9. The van der Waals surface area contributed by atoms with Crippen LogP contribution in [0.4, 0.5) is 0 Å². The van der Waals surface area contributed by atoms with Gasteiger partial charge in [0.15, 0.2) is 11.2 Å². The minimum atomic E-state index is -0.659. The van der Waals surface area contributed by atoms with Gasteiger partial charge in [-0.25, -0.2) is 0 Å². The number of rotatable bonds is 32. The Morgan fingerprint density at radius 3 is 0.910 bits per heavy atom. The van der Waals surface area contributed by atoms with Gasteiger partial charge in [-0.3, -0.25) is 24.0 Å². The van der Waals surface area contributed by atoms with Crippen molar-refractivity contribution in [3.8, 4) is 0 Å². The smallest absolute Gasteiger partial charge is 0.870 e. The van der Waals surface area contributed by atoms with Crippen LogP contribution in [-0.4, -0.2) is 169 Å². The molecule has 0 aromatic carbocycles. The number of alkyl halides is 2. The molecule has 2 atom stereocenters. The molecule has 0 saturated carbocycles. The van der Waals surface area contributed by atoms with Crippen molar-refractivity contribution in [3.05, 3.63) is 115 Å². The van der Waals surface area contributed by atoms with Crippen LogP contribution in [0.2, 0.25) is 0 Å². The van der Waals surface area contributed by atoms with Crippen LogP contribution in [0.3, 0.4) is 0 Å². The average Bonchev–Trinajstić information content (AvgIpc) is 1.70. The minimum Gasteiger partial charge on any atom is -0.870 e. The molecule has 7 aliphatic rings. The molecule has 0 fully saturated rings. The number of esters is 3. The van der Waals surface area contributed by atoms with Crippen molar-refractivity contribution in [2.45, 2.75) is 113 Å². The van der Waals surface area contributed by atoms with E-state index in [9.17, 15) is 24.0 Å². The predicted octanol–water partition coefficient (Wildman–Crippen LogP) is 12.9. The molecule has 48 heteroatoms. The van der Waals surface area contributed by atoms with Gasteiger partial charge in [0.2, 0.25) is 0 Å². The molecule has 7 heterocycles. The second-order valence-electron chi connectivity index (χ2n) is 18.1. The van der Waals surface area contributed by atoms with Gasteiger partial charge in [-0.1, -0.05) is 239 Å². The summed E-state index contributed by atoms with van der Waals surface area (Å²) in [6.07, 6.45) is 22.7.